The van der Waals surface area contributed by atoms with Crippen molar-refractivity contribution in [3.8, 4) is 5.69 Å². The molecule has 0 saturated heterocycles. The van der Waals surface area contributed by atoms with Crippen LogP contribution < -0.4 is 5.73 Å². The molecular formula is C11H13ClN4. The number of halogens is 1. The highest BCUT2D eigenvalue weighted by atomic mass is 35.5. The molecule has 0 bridgehead atoms. The number of hydrogen-bond donors (Lipinski definition) is 1. The Morgan fingerprint density at radius 2 is 1.94 bits per heavy atom. The third-order valence-corrected chi connectivity index (χ3v) is 2.69. The minimum atomic E-state index is 0.321. The molecule has 0 spiro atoms. The summed E-state index contributed by atoms with van der Waals surface area (Å²) in [6.07, 6.45) is 0. The standard InChI is InChI=1S/C11H13ClN4/c1-8-4-2-3-5-9(8)16-10(6-12)14-15-11(16)7-13/h2-5H,6-7,13H2,1H3. The third-order valence-electron chi connectivity index (χ3n) is 2.46. The van der Waals surface area contributed by atoms with Gasteiger partial charge in [0.1, 0.15) is 0 Å². The normalized spacial score (nSPS) is 10.7. The van der Waals surface area contributed by atoms with Crippen molar-refractivity contribution in [2.75, 3.05) is 0 Å². The van der Waals surface area contributed by atoms with Crippen molar-refractivity contribution >= 4 is 11.6 Å². The second kappa shape index (κ2) is 4.63. The van der Waals surface area contributed by atoms with Gasteiger partial charge in [0.15, 0.2) is 11.6 Å². The van der Waals surface area contributed by atoms with E-state index in [-0.39, 0.29) is 0 Å². The first-order chi connectivity index (χ1) is 7.77. The lowest BCUT2D eigenvalue weighted by Gasteiger charge is -2.10. The first kappa shape index (κ1) is 11.1. The van der Waals surface area contributed by atoms with Crippen LogP contribution in [-0.4, -0.2) is 14.8 Å². The maximum atomic E-state index is 5.84. The summed E-state index contributed by atoms with van der Waals surface area (Å²) in [4.78, 5) is 0. The zero-order valence-corrected chi connectivity index (χ0v) is 9.78. The highest BCUT2D eigenvalue weighted by Crippen LogP contribution is 2.18. The molecule has 5 heteroatoms. The third kappa shape index (κ3) is 1.81. The van der Waals surface area contributed by atoms with Crippen molar-refractivity contribution in [3.05, 3.63) is 41.5 Å². The van der Waals surface area contributed by atoms with E-state index < -0.39 is 0 Å². The topological polar surface area (TPSA) is 56.7 Å². The van der Waals surface area contributed by atoms with Gasteiger partial charge in [-0.1, -0.05) is 18.2 Å². The molecule has 0 amide bonds. The lowest BCUT2D eigenvalue weighted by molar-refractivity contribution is 0.843. The quantitative estimate of drug-likeness (QED) is 0.827. The Bertz CT molecular complexity index is 471. The van der Waals surface area contributed by atoms with Gasteiger partial charge in [-0.05, 0) is 18.6 Å². The fourth-order valence-electron chi connectivity index (χ4n) is 1.66. The Morgan fingerprint density at radius 3 is 2.56 bits per heavy atom. The molecule has 2 rings (SSSR count). The van der Waals surface area contributed by atoms with E-state index in [1.54, 1.807) is 0 Å². The van der Waals surface area contributed by atoms with Crippen LogP contribution in [0.2, 0.25) is 0 Å². The zero-order chi connectivity index (χ0) is 11.5. The first-order valence-corrected chi connectivity index (χ1v) is 5.56. The van der Waals surface area contributed by atoms with Crippen LogP contribution in [0.3, 0.4) is 0 Å². The highest BCUT2D eigenvalue weighted by molar-refractivity contribution is 6.16. The maximum absolute atomic E-state index is 5.84. The van der Waals surface area contributed by atoms with E-state index in [4.69, 9.17) is 17.3 Å². The molecule has 1 aromatic heterocycles. The van der Waals surface area contributed by atoms with E-state index in [1.165, 1.54) is 0 Å². The van der Waals surface area contributed by atoms with Crippen LogP contribution in [0.5, 0.6) is 0 Å². The van der Waals surface area contributed by atoms with E-state index in [9.17, 15) is 0 Å². The van der Waals surface area contributed by atoms with Crippen molar-refractivity contribution < 1.29 is 0 Å². The number of para-hydroxylation sites is 1. The van der Waals surface area contributed by atoms with Gasteiger partial charge in [0.05, 0.1) is 18.1 Å². The fourth-order valence-corrected chi connectivity index (χ4v) is 1.84. The molecule has 2 N–H and O–H groups in total. The van der Waals surface area contributed by atoms with Crippen LogP contribution in [0, 0.1) is 6.92 Å². The van der Waals surface area contributed by atoms with E-state index in [0.717, 1.165) is 22.9 Å². The molecule has 0 aliphatic carbocycles. The van der Waals surface area contributed by atoms with Crippen molar-refractivity contribution in [2.45, 2.75) is 19.3 Å². The molecule has 0 saturated carbocycles. The molecule has 0 unspecified atom stereocenters. The van der Waals surface area contributed by atoms with Crippen LogP contribution in [0.25, 0.3) is 5.69 Å². The molecule has 2 aromatic rings. The average Bonchev–Trinajstić information content (AvgIpc) is 2.72. The molecule has 0 fully saturated rings. The number of nitrogens with zero attached hydrogens (tertiary/aromatic N) is 3. The average molecular weight is 237 g/mol. The summed E-state index contributed by atoms with van der Waals surface area (Å²) in [5, 5.41) is 8.05. The molecule has 0 aliphatic rings. The number of nitrogens with two attached hydrogens (primary N) is 1. The van der Waals surface area contributed by atoms with Crippen molar-refractivity contribution in [1.82, 2.24) is 14.8 Å². The van der Waals surface area contributed by atoms with Crippen LogP contribution in [-0.2, 0) is 12.4 Å². The summed E-state index contributed by atoms with van der Waals surface area (Å²) in [5.41, 5.74) is 7.81. The Morgan fingerprint density at radius 1 is 1.25 bits per heavy atom. The van der Waals surface area contributed by atoms with Crippen molar-refractivity contribution in [1.29, 1.82) is 0 Å². The Kier molecular flexibility index (Phi) is 3.22. The smallest absolute Gasteiger partial charge is 0.152 e. The molecule has 1 aromatic carbocycles. The molecule has 0 radical (unpaired) electrons. The second-order valence-corrected chi connectivity index (χ2v) is 3.76. The van der Waals surface area contributed by atoms with Crippen LogP contribution in [0.1, 0.15) is 17.2 Å². The van der Waals surface area contributed by atoms with E-state index >= 15 is 0 Å². The minimum Gasteiger partial charge on any atom is -0.324 e. The monoisotopic (exact) mass is 236 g/mol. The molecule has 4 nitrogen and oxygen atoms in total. The SMILES string of the molecule is Cc1ccccc1-n1c(CN)nnc1CCl. The minimum absolute atomic E-state index is 0.321. The Balaban J connectivity index is 2.62. The summed E-state index contributed by atoms with van der Waals surface area (Å²) in [6, 6.07) is 8.01. The molecular weight excluding hydrogens is 224 g/mol. The second-order valence-electron chi connectivity index (χ2n) is 3.49. The predicted octanol–water partition coefficient (Wildman–Crippen LogP) is 1.77. The van der Waals surface area contributed by atoms with E-state index in [1.807, 2.05) is 35.8 Å². The lowest BCUT2D eigenvalue weighted by Crippen LogP contribution is -2.09. The van der Waals surface area contributed by atoms with Crippen LogP contribution in [0.15, 0.2) is 24.3 Å². The summed E-state index contributed by atoms with van der Waals surface area (Å²) >= 11 is 5.84. The number of rotatable bonds is 3. The summed E-state index contributed by atoms with van der Waals surface area (Å²) in [6.45, 7) is 2.38. The van der Waals surface area contributed by atoms with Crippen molar-refractivity contribution in [2.24, 2.45) is 5.73 Å². The first-order valence-electron chi connectivity index (χ1n) is 5.03. The van der Waals surface area contributed by atoms with Gasteiger partial charge >= 0.3 is 0 Å². The molecule has 84 valence electrons. The van der Waals surface area contributed by atoms with Crippen LogP contribution in [0.4, 0.5) is 0 Å². The largest absolute Gasteiger partial charge is 0.324 e. The fraction of sp³-hybridized carbons (Fsp3) is 0.273. The summed E-state index contributed by atoms with van der Waals surface area (Å²) < 4.78 is 1.92. The van der Waals surface area contributed by atoms with Gasteiger partial charge in [0.25, 0.3) is 0 Å². The van der Waals surface area contributed by atoms with E-state index in [2.05, 4.69) is 10.2 Å². The van der Waals surface area contributed by atoms with Gasteiger partial charge in [-0.2, -0.15) is 0 Å². The van der Waals surface area contributed by atoms with E-state index in [0.29, 0.717) is 12.4 Å². The van der Waals surface area contributed by atoms with Gasteiger partial charge < -0.3 is 5.73 Å². The Hall–Kier alpha value is -1.39. The summed E-state index contributed by atoms with van der Waals surface area (Å²) in [7, 11) is 0. The maximum Gasteiger partial charge on any atom is 0.152 e. The van der Waals surface area contributed by atoms with Gasteiger partial charge in [-0.3, -0.25) is 4.57 Å². The molecule has 1 heterocycles. The number of aryl methyl sites for hydroxylation is 1. The number of benzene rings is 1. The van der Waals surface area contributed by atoms with Gasteiger partial charge in [-0.25, -0.2) is 0 Å². The zero-order valence-electron chi connectivity index (χ0n) is 9.02. The van der Waals surface area contributed by atoms with Crippen molar-refractivity contribution in [3.63, 3.8) is 0 Å². The summed E-state index contributed by atoms with van der Waals surface area (Å²) in [5.74, 6) is 1.77. The molecule has 16 heavy (non-hydrogen) atoms. The Labute approximate surface area is 99.1 Å². The van der Waals surface area contributed by atoms with Gasteiger partial charge in [-0.15, -0.1) is 21.8 Å². The predicted molar refractivity (Wildman–Crippen MR) is 63.5 cm³/mol. The highest BCUT2D eigenvalue weighted by Gasteiger charge is 2.12. The molecule has 0 aliphatic heterocycles. The van der Waals surface area contributed by atoms with Gasteiger partial charge in [0.2, 0.25) is 0 Å². The number of alkyl halides is 1. The number of aromatic nitrogens is 3. The number of hydrogen-bond acceptors (Lipinski definition) is 3. The molecule has 0 atom stereocenters. The lowest BCUT2D eigenvalue weighted by atomic mass is 10.2. The van der Waals surface area contributed by atoms with Crippen LogP contribution >= 0.6 is 11.6 Å². The van der Waals surface area contributed by atoms with Gasteiger partial charge in [0, 0.05) is 0 Å².